The number of rotatable bonds is 3. The van der Waals surface area contributed by atoms with Crippen molar-refractivity contribution in [2.45, 2.75) is 38.6 Å². The van der Waals surface area contributed by atoms with E-state index in [4.69, 9.17) is 0 Å². The Labute approximate surface area is 80.6 Å². The number of hydrogen-bond acceptors (Lipinski definition) is 1. The Bertz CT molecular complexity index is 240. The average molecular weight is 177 g/mol. The molecule has 1 nitrogen and oxygen atoms in total. The molecular formula is C12H19N. The molecule has 3 aliphatic carbocycles. The molecule has 0 radical (unpaired) electrons. The Kier molecular flexibility index (Phi) is 1.61. The molecule has 3 rings (SSSR count). The predicted molar refractivity (Wildman–Crippen MR) is 54.5 cm³/mol. The quantitative estimate of drug-likeness (QED) is 0.652. The smallest absolute Gasteiger partial charge is 0.0136 e. The molecule has 0 aromatic rings. The molecule has 2 saturated carbocycles. The van der Waals surface area contributed by atoms with Gasteiger partial charge in [0.15, 0.2) is 0 Å². The maximum atomic E-state index is 3.74. The lowest BCUT2D eigenvalue weighted by Gasteiger charge is -2.41. The SMILES string of the molecule is CC1(CNC2CC3CC=CC32)CC1. The third-order valence-corrected chi connectivity index (χ3v) is 4.26. The van der Waals surface area contributed by atoms with E-state index in [0.717, 1.165) is 17.9 Å². The predicted octanol–water partition coefficient (Wildman–Crippen LogP) is 2.34. The Morgan fingerprint density at radius 1 is 1.46 bits per heavy atom. The van der Waals surface area contributed by atoms with Gasteiger partial charge in [-0.2, -0.15) is 0 Å². The molecule has 3 atom stereocenters. The summed E-state index contributed by atoms with van der Waals surface area (Å²) in [5.74, 6) is 1.90. The van der Waals surface area contributed by atoms with E-state index < -0.39 is 0 Å². The summed E-state index contributed by atoms with van der Waals surface area (Å²) >= 11 is 0. The zero-order valence-corrected chi connectivity index (χ0v) is 8.42. The summed E-state index contributed by atoms with van der Waals surface area (Å²) in [5, 5.41) is 3.74. The van der Waals surface area contributed by atoms with Crippen LogP contribution in [0.1, 0.15) is 32.6 Å². The van der Waals surface area contributed by atoms with Gasteiger partial charge in [0, 0.05) is 12.6 Å². The van der Waals surface area contributed by atoms with Gasteiger partial charge in [-0.3, -0.25) is 0 Å². The van der Waals surface area contributed by atoms with Gasteiger partial charge in [0.2, 0.25) is 0 Å². The molecule has 72 valence electrons. The third kappa shape index (κ3) is 1.34. The standard InChI is InChI=1S/C12H19N/c1-12(5-6-12)8-13-11-7-9-3-2-4-10(9)11/h2,4,9-11,13H,3,5-8H2,1H3. The topological polar surface area (TPSA) is 12.0 Å². The second kappa shape index (κ2) is 2.60. The lowest BCUT2D eigenvalue weighted by Crippen LogP contribution is -2.49. The van der Waals surface area contributed by atoms with Crippen LogP contribution in [0.4, 0.5) is 0 Å². The highest BCUT2D eigenvalue weighted by molar-refractivity contribution is 5.13. The number of hydrogen-bond donors (Lipinski definition) is 1. The first kappa shape index (κ1) is 8.05. The fraction of sp³-hybridized carbons (Fsp3) is 0.833. The summed E-state index contributed by atoms with van der Waals surface area (Å²) in [6.45, 7) is 3.66. The molecule has 3 unspecified atom stereocenters. The van der Waals surface area contributed by atoms with Crippen molar-refractivity contribution in [2.75, 3.05) is 6.54 Å². The van der Waals surface area contributed by atoms with Gasteiger partial charge < -0.3 is 5.32 Å². The normalized spacial score (nSPS) is 44.2. The van der Waals surface area contributed by atoms with Gasteiger partial charge in [-0.1, -0.05) is 19.1 Å². The Morgan fingerprint density at radius 2 is 2.31 bits per heavy atom. The first-order valence-corrected chi connectivity index (χ1v) is 5.67. The van der Waals surface area contributed by atoms with Crippen LogP contribution in [-0.2, 0) is 0 Å². The second-order valence-corrected chi connectivity index (χ2v) is 5.54. The van der Waals surface area contributed by atoms with Gasteiger partial charge in [0.25, 0.3) is 0 Å². The highest BCUT2D eigenvalue weighted by atomic mass is 15.0. The molecule has 0 heterocycles. The van der Waals surface area contributed by atoms with Gasteiger partial charge >= 0.3 is 0 Å². The summed E-state index contributed by atoms with van der Waals surface area (Å²) in [7, 11) is 0. The van der Waals surface area contributed by atoms with Crippen molar-refractivity contribution in [1.29, 1.82) is 0 Å². The van der Waals surface area contributed by atoms with Gasteiger partial charge in [0.05, 0.1) is 0 Å². The second-order valence-electron chi connectivity index (χ2n) is 5.54. The van der Waals surface area contributed by atoms with E-state index >= 15 is 0 Å². The molecule has 0 aromatic heterocycles. The van der Waals surface area contributed by atoms with Crippen LogP contribution in [0.3, 0.4) is 0 Å². The minimum atomic E-state index is 0.674. The van der Waals surface area contributed by atoms with E-state index in [1.807, 2.05) is 0 Å². The molecule has 3 aliphatic rings. The molecule has 0 aromatic carbocycles. The van der Waals surface area contributed by atoms with Gasteiger partial charge in [-0.05, 0) is 42.9 Å². The molecule has 1 N–H and O–H groups in total. The zero-order chi connectivity index (χ0) is 8.89. The molecular weight excluding hydrogens is 158 g/mol. The first-order chi connectivity index (χ1) is 6.27. The van der Waals surface area contributed by atoms with Crippen molar-refractivity contribution in [3.05, 3.63) is 12.2 Å². The van der Waals surface area contributed by atoms with Crippen LogP contribution in [0.15, 0.2) is 12.2 Å². The van der Waals surface area contributed by atoms with Gasteiger partial charge in [-0.15, -0.1) is 0 Å². The molecule has 1 heteroatoms. The van der Waals surface area contributed by atoms with Crippen LogP contribution >= 0.6 is 0 Å². The monoisotopic (exact) mass is 177 g/mol. The van der Waals surface area contributed by atoms with Crippen LogP contribution in [-0.4, -0.2) is 12.6 Å². The van der Waals surface area contributed by atoms with Gasteiger partial charge in [-0.25, -0.2) is 0 Å². The molecule has 0 aliphatic heterocycles. The molecule has 0 saturated heterocycles. The minimum absolute atomic E-state index is 0.674. The maximum Gasteiger partial charge on any atom is 0.0136 e. The number of fused-ring (bicyclic) bond motifs is 1. The molecule has 0 spiro atoms. The van der Waals surface area contributed by atoms with Crippen LogP contribution in [0.5, 0.6) is 0 Å². The fourth-order valence-corrected chi connectivity index (χ4v) is 2.72. The van der Waals surface area contributed by atoms with Crippen LogP contribution in [0, 0.1) is 17.3 Å². The van der Waals surface area contributed by atoms with Crippen molar-refractivity contribution in [3.8, 4) is 0 Å². The summed E-state index contributed by atoms with van der Waals surface area (Å²) < 4.78 is 0. The molecule has 13 heavy (non-hydrogen) atoms. The molecule has 2 fully saturated rings. The lowest BCUT2D eigenvalue weighted by atomic mass is 9.71. The van der Waals surface area contributed by atoms with Crippen molar-refractivity contribution in [2.24, 2.45) is 17.3 Å². The van der Waals surface area contributed by atoms with E-state index in [9.17, 15) is 0 Å². The zero-order valence-electron chi connectivity index (χ0n) is 8.42. The average Bonchev–Trinajstić information content (AvgIpc) is 2.69. The minimum Gasteiger partial charge on any atom is -0.313 e. The summed E-state index contributed by atoms with van der Waals surface area (Å²) in [6, 6.07) is 0.821. The van der Waals surface area contributed by atoms with Crippen LogP contribution < -0.4 is 5.32 Å². The molecule has 0 amide bonds. The van der Waals surface area contributed by atoms with Crippen LogP contribution in [0.25, 0.3) is 0 Å². The summed E-state index contributed by atoms with van der Waals surface area (Å²) in [6.07, 6.45) is 10.5. The Balaban J connectivity index is 1.49. The Hall–Kier alpha value is -0.300. The molecule has 0 bridgehead atoms. The van der Waals surface area contributed by atoms with E-state index in [1.54, 1.807) is 0 Å². The first-order valence-electron chi connectivity index (χ1n) is 5.67. The van der Waals surface area contributed by atoms with Gasteiger partial charge in [0.1, 0.15) is 0 Å². The summed E-state index contributed by atoms with van der Waals surface area (Å²) in [5.41, 5.74) is 0.674. The van der Waals surface area contributed by atoms with Crippen LogP contribution in [0.2, 0.25) is 0 Å². The highest BCUT2D eigenvalue weighted by Gasteiger charge is 2.43. The van der Waals surface area contributed by atoms with E-state index in [1.165, 1.54) is 32.2 Å². The maximum absolute atomic E-state index is 3.74. The number of nitrogens with one attached hydrogen (secondary N) is 1. The van der Waals surface area contributed by atoms with Crippen molar-refractivity contribution in [1.82, 2.24) is 5.32 Å². The fourth-order valence-electron chi connectivity index (χ4n) is 2.72. The lowest BCUT2D eigenvalue weighted by molar-refractivity contribution is 0.157. The van der Waals surface area contributed by atoms with E-state index in [2.05, 4.69) is 24.4 Å². The van der Waals surface area contributed by atoms with Crippen molar-refractivity contribution in [3.63, 3.8) is 0 Å². The van der Waals surface area contributed by atoms with Crippen molar-refractivity contribution >= 4 is 0 Å². The van der Waals surface area contributed by atoms with Crippen molar-refractivity contribution < 1.29 is 0 Å². The number of allylic oxidation sites excluding steroid dienone is 1. The third-order valence-electron chi connectivity index (χ3n) is 4.26. The Morgan fingerprint density at radius 3 is 3.00 bits per heavy atom. The van der Waals surface area contributed by atoms with E-state index in [0.29, 0.717) is 5.41 Å². The van der Waals surface area contributed by atoms with E-state index in [-0.39, 0.29) is 0 Å². The summed E-state index contributed by atoms with van der Waals surface area (Å²) in [4.78, 5) is 0. The largest absolute Gasteiger partial charge is 0.313 e. The highest BCUT2D eigenvalue weighted by Crippen LogP contribution is 2.46.